The Labute approximate surface area is 238 Å². The van der Waals surface area contributed by atoms with Gasteiger partial charge in [-0.2, -0.15) is 0 Å². The fraction of sp³-hybridized carbons (Fsp3) is 0.265. The molecule has 0 radical (unpaired) electrons. The minimum absolute atomic E-state index is 0.0901. The lowest BCUT2D eigenvalue weighted by molar-refractivity contribution is -0.118. The Hall–Kier alpha value is -3.57. The van der Waals surface area contributed by atoms with E-state index < -0.39 is 0 Å². The molecule has 1 heterocycles. The summed E-state index contributed by atoms with van der Waals surface area (Å²) in [5, 5.41) is 6.11. The highest BCUT2D eigenvalue weighted by Gasteiger charge is 2.41. The lowest BCUT2D eigenvalue weighted by atomic mass is 9.68. The van der Waals surface area contributed by atoms with Crippen LogP contribution in [0.25, 0.3) is 16.3 Å². The van der Waals surface area contributed by atoms with Gasteiger partial charge in [0.2, 0.25) is 0 Å². The molecule has 0 fully saturated rings. The molecule has 0 aromatic heterocycles. The molecule has 0 amide bonds. The molecule has 0 saturated heterocycles. The van der Waals surface area contributed by atoms with Crippen LogP contribution in [0, 0.1) is 5.41 Å². The number of halogens is 1. The Morgan fingerprint density at radius 2 is 1.72 bits per heavy atom. The molecule has 6 rings (SSSR count). The first-order valence-corrected chi connectivity index (χ1v) is 14.3. The van der Waals surface area contributed by atoms with Gasteiger partial charge in [-0.1, -0.05) is 78.3 Å². The van der Waals surface area contributed by atoms with Gasteiger partial charge in [-0.3, -0.25) is 4.79 Å². The van der Waals surface area contributed by atoms with Gasteiger partial charge in [0.15, 0.2) is 17.3 Å². The number of anilines is 1. The summed E-state index contributed by atoms with van der Waals surface area (Å²) in [6, 6.07) is 26.6. The van der Waals surface area contributed by atoms with Gasteiger partial charge in [-0.15, -0.1) is 0 Å². The Morgan fingerprint density at radius 3 is 2.51 bits per heavy atom. The quantitative estimate of drug-likeness (QED) is 0.247. The molecule has 2 aliphatic rings. The van der Waals surface area contributed by atoms with Gasteiger partial charge in [0, 0.05) is 27.7 Å². The molecule has 0 saturated carbocycles. The maximum absolute atomic E-state index is 13.8. The number of hydrogen-bond donors (Lipinski definition) is 1. The van der Waals surface area contributed by atoms with Crippen molar-refractivity contribution in [3.63, 3.8) is 0 Å². The number of ketones is 1. The first-order chi connectivity index (χ1) is 18.8. The number of fused-ring (bicyclic) bond motifs is 4. The molecule has 4 nitrogen and oxygen atoms in total. The summed E-state index contributed by atoms with van der Waals surface area (Å²) >= 11 is 3.48. The third-order valence-corrected chi connectivity index (χ3v) is 8.18. The number of nitrogens with one attached hydrogen (secondary N) is 1. The van der Waals surface area contributed by atoms with Crippen LogP contribution in [0.1, 0.15) is 56.3 Å². The smallest absolute Gasteiger partial charge is 0.162 e. The number of carbonyl (C=O) groups excluding carboxylic acids is 1. The minimum Gasteiger partial charge on any atom is -0.490 e. The summed E-state index contributed by atoms with van der Waals surface area (Å²) in [5.74, 6) is 1.59. The van der Waals surface area contributed by atoms with Gasteiger partial charge in [0.1, 0.15) is 6.61 Å². The SMILES string of the molecule is CCOc1cc([C@H]2Nc3ccc4ccccc4c3C3=C2C(=O)CC(C)(C)C3)ccc1OCc1ccc(Br)cc1. The summed E-state index contributed by atoms with van der Waals surface area (Å²) in [7, 11) is 0. The molecule has 1 aliphatic heterocycles. The van der Waals surface area contributed by atoms with Crippen molar-refractivity contribution in [1.82, 2.24) is 0 Å². The van der Waals surface area contributed by atoms with Crippen molar-refractivity contribution in [2.75, 3.05) is 11.9 Å². The second kappa shape index (κ2) is 10.2. The lowest BCUT2D eigenvalue weighted by Gasteiger charge is -2.40. The molecule has 0 spiro atoms. The van der Waals surface area contributed by atoms with Crippen LogP contribution in [0.3, 0.4) is 0 Å². The van der Waals surface area contributed by atoms with Crippen molar-refractivity contribution in [2.45, 2.75) is 46.3 Å². The van der Waals surface area contributed by atoms with Crippen LogP contribution in [0.2, 0.25) is 0 Å². The van der Waals surface area contributed by atoms with Crippen LogP contribution in [-0.2, 0) is 11.4 Å². The standard InChI is InChI=1S/C34H32BrNO3/c1-4-38-30-17-23(12-16-29(30)39-20-21-9-13-24(35)14-10-21)33-32-26(18-34(2,3)19-28(32)37)31-25-8-6-5-7-22(25)11-15-27(31)36-33/h5-17,33,36H,4,18-20H2,1-3H3/t33-/m1/s1. The van der Waals surface area contributed by atoms with E-state index in [-0.39, 0.29) is 17.2 Å². The molecule has 5 heteroatoms. The van der Waals surface area contributed by atoms with E-state index in [0.717, 1.165) is 33.3 Å². The number of allylic oxidation sites excluding steroid dienone is 1. The molecule has 0 unspecified atom stereocenters. The zero-order valence-electron chi connectivity index (χ0n) is 22.5. The number of carbonyl (C=O) groups is 1. The van der Waals surface area contributed by atoms with E-state index in [0.29, 0.717) is 31.1 Å². The average molecular weight is 583 g/mol. The average Bonchev–Trinajstić information content (AvgIpc) is 2.92. The fourth-order valence-corrected chi connectivity index (χ4v) is 6.19. The van der Waals surface area contributed by atoms with E-state index in [1.165, 1.54) is 21.9 Å². The summed E-state index contributed by atoms with van der Waals surface area (Å²) in [5.41, 5.74) is 6.26. The lowest BCUT2D eigenvalue weighted by Crippen LogP contribution is -2.33. The number of ether oxygens (including phenoxy) is 2. The second-order valence-corrected chi connectivity index (χ2v) is 12.1. The van der Waals surface area contributed by atoms with Gasteiger partial charge in [-0.25, -0.2) is 0 Å². The monoisotopic (exact) mass is 581 g/mol. The molecule has 39 heavy (non-hydrogen) atoms. The third-order valence-electron chi connectivity index (χ3n) is 7.65. The van der Waals surface area contributed by atoms with Crippen molar-refractivity contribution in [3.05, 3.63) is 106 Å². The predicted octanol–water partition coefficient (Wildman–Crippen LogP) is 8.89. The minimum atomic E-state index is -0.253. The molecule has 1 N–H and O–H groups in total. The Kier molecular flexibility index (Phi) is 6.72. The predicted molar refractivity (Wildman–Crippen MR) is 161 cm³/mol. The van der Waals surface area contributed by atoms with E-state index in [1.807, 2.05) is 43.3 Å². The molecule has 4 aromatic rings. The zero-order valence-corrected chi connectivity index (χ0v) is 24.1. The maximum atomic E-state index is 13.8. The van der Waals surface area contributed by atoms with Crippen LogP contribution in [0.15, 0.2) is 88.9 Å². The van der Waals surface area contributed by atoms with Gasteiger partial charge in [0.05, 0.1) is 12.6 Å². The first kappa shape index (κ1) is 25.7. The van der Waals surface area contributed by atoms with Gasteiger partial charge < -0.3 is 14.8 Å². The van der Waals surface area contributed by atoms with E-state index in [9.17, 15) is 4.79 Å². The normalized spacial score (nSPS) is 17.8. The highest BCUT2D eigenvalue weighted by atomic mass is 79.9. The third kappa shape index (κ3) is 4.96. The number of rotatable bonds is 6. The van der Waals surface area contributed by atoms with E-state index in [4.69, 9.17) is 9.47 Å². The van der Waals surface area contributed by atoms with Crippen LogP contribution in [0.5, 0.6) is 11.5 Å². The largest absolute Gasteiger partial charge is 0.490 e. The molecular weight excluding hydrogens is 550 g/mol. The van der Waals surface area contributed by atoms with Crippen molar-refractivity contribution < 1.29 is 14.3 Å². The zero-order chi connectivity index (χ0) is 27.1. The number of benzene rings is 4. The summed E-state index contributed by atoms with van der Waals surface area (Å²) < 4.78 is 13.3. The van der Waals surface area contributed by atoms with E-state index >= 15 is 0 Å². The van der Waals surface area contributed by atoms with Crippen LogP contribution < -0.4 is 14.8 Å². The van der Waals surface area contributed by atoms with Crippen molar-refractivity contribution in [3.8, 4) is 11.5 Å². The Bertz CT molecular complexity index is 1600. The van der Waals surface area contributed by atoms with Gasteiger partial charge in [-0.05, 0) is 76.6 Å². The van der Waals surface area contributed by atoms with Crippen molar-refractivity contribution >= 4 is 43.7 Å². The van der Waals surface area contributed by atoms with E-state index in [2.05, 4.69) is 77.6 Å². The summed E-state index contributed by atoms with van der Waals surface area (Å²) in [6.45, 7) is 7.32. The molecule has 4 aromatic carbocycles. The van der Waals surface area contributed by atoms with Crippen LogP contribution in [-0.4, -0.2) is 12.4 Å². The van der Waals surface area contributed by atoms with Crippen LogP contribution in [0.4, 0.5) is 5.69 Å². The number of hydrogen-bond acceptors (Lipinski definition) is 4. The van der Waals surface area contributed by atoms with Gasteiger partial charge >= 0.3 is 0 Å². The highest BCUT2D eigenvalue weighted by Crippen LogP contribution is 2.52. The topological polar surface area (TPSA) is 47.6 Å². The summed E-state index contributed by atoms with van der Waals surface area (Å²) in [4.78, 5) is 13.8. The molecule has 0 bridgehead atoms. The van der Waals surface area contributed by atoms with Crippen LogP contribution >= 0.6 is 15.9 Å². The molecule has 1 atom stereocenters. The Balaban J connectivity index is 1.42. The molecule has 1 aliphatic carbocycles. The first-order valence-electron chi connectivity index (χ1n) is 13.5. The summed E-state index contributed by atoms with van der Waals surface area (Å²) in [6.07, 6.45) is 1.40. The Morgan fingerprint density at radius 1 is 0.923 bits per heavy atom. The highest BCUT2D eigenvalue weighted by molar-refractivity contribution is 9.10. The molecular formula is C34H32BrNO3. The van der Waals surface area contributed by atoms with Gasteiger partial charge in [0.25, 0.3) is 0 Å². The van der Waals surface area contributed by atoms with E-state index in [1.54, 1.807) is 0 Å². The van der Waals surface area contributed by atoms with Crippen molar-refractivity contribution in [1.29, 1.82) is 0 Å². The maximum Gasteiger partial charge on any atom is 0.162 e. The second-order valence-electron chi connectivity index (χ2n) is 11.2. The molecule has 198 valence electrons. The number of Topliss-reactive ketones (excluding diaryl/α,β-unsaturated/α-hetero) is 1. The fourth-order valence-electron chi connectivity index (χ4n) is 5.92. The van der Waals surface area contributed by atoms with Crippen molar-refractivity contribution in [2.24, 2.45) is 5.41 Å².